The maximum Gasteiger partial charge on any atom is 0.460 e. The first-order chi connectivity index (χ1) is 15.0. The number of rotatable bonds is 18. The average Bonchev–Trinajstić information content (AvgIpc) is 2.67. The highest BCUT2D eigenvalue weighted by atomic mass is 127. The lowest BCUT2D eigenvalue weighted by molar-refractivity contribution is -0.422. The molecule has 0 aliphatic heterocycles. The second-order valence-corrected chi connectivity index (χ2v) is 10.2. The van der Waals surface area contributed by atoms with Gasteiger partial charge in [-0.2, -0.15) is 48.3 Å². The molecule has 0 amide bonds. The van der Waals surface area contributed by atoms with Crippen molar-refractivity contribution in [3.05, 3.63) is 0 Å². The van der Waals surface area contributed by atoms with Gasteiger partial charge in [-0.15, -0.1) is 0 Å². The van der Waals surface area contributed by atoms with Crippen molar-refractivity contribution in [3.63, 3.8) is 0 Å². The first kappa shape index (κ1) is 33.0. The molecule has 0 spiro atoms. The van der Waals surface area contributed by atoms with E-state index < -0.39 is 40.2 Å². The fourth-order valence-corrected chi connectivity index (χ4v) is 4.31. The molecule has 0 fully saturated rings. The van der Waals surface area contributed by atoms with Crippen LogP contribution >= 0.6 is 22.6 Å². The van der Waals surface area contributed by atoms with Crippen LogP contribution in [0, 0.1) is 0 Å². The van der Waals surface area contributed by atoms with Gasteiger partial charge in [0.1, 0.15) is 0 Å². The van der Waals surface area contributed by atoms with Crippen molar-refractivity contribution in [2.45, 2.75) is 131 Å². The van der Waals surface area contributed by atoms with Crippen LogP contribution in [0.3, 0.4) is 0 Å². The third-order valence-corrected chi connectivity index (χ3v) is 6.52. The Morgan fingerprint density at radius 3 is 1.24 bits per heavy atom. The molecule has 33 heavy (non-hydrogen) atoms. The van der Waals surface area contributed by atoms with Crippen LogP contribution in [0.4, 0.5) is 48.3 Å². The van der Waals surface area contributed by atoms with Gasteiger partial charge < -0.3 is 0 Å². The van der Waals surface area contributed by atoms with Crippen molar-refractivity contribution >= 4 is 22.6 Å². The molecule has 0 bridgehead atoms. The molecule has 0 aromatic carbocycles. The molecule has 0 radical (unpaired) electrons. The van der Waals surface area contributed by atoms with Gasteiger partial charge in [-0.3, -0.25) is 0 Å². The Kier molecular flexibility index (Phi) is 13.9. The van der Waals surface area contributed by atoms with Gasteiger partial charge in [0.15, 0.2) is 0 Å². The maximum absolute atomic E-state index is 13.8. The van der Waals surface area contributed by atoms with Crippen LogP contribution in [0.15, 0.2) is 0 Å². The van der Waals surface area contributed by atoms with E-state index in [9.17, 15) is 48.3 Å². The lowest BCUT2D eigenvalue weighted by Gasteiger charge is -2.37. The molecule has 0 nitrogen and oxygen atoms in total. The van der Waals surface area contributed by atoms with E-state index in [0.717, 1.165) is 32.1 Å². The van der Waals surface area contributed by atoms with Gasteiger partial charge in [-0.25, -0.2) is 0 Å². The van der Waals surface area contributed by atoms with E-state index in [1.807, 2.05) is 0 Å². The van der Waals surface area contributed by atoms with Gasteiger partial charge in [-0.1, -0.05) is 107 Å². The molecule has 0 heterocycles. The molecule has 0 aliphatic rings. The van der Waals surface area contributed by atoms with Crippen molar-refractivity contribution in [1.82, 2.24) is 0 Å². The van der Waals surface area contributed by atoms with Gasteiger partial charge in [-0.05, 0) is 6.42 Å². The zero-order chi connectivity index (χ0) is 26.0. The second-order valence-electron chi connectivity index (χ2n) is 8.40. The van der Waals surface area contributed by atoms with Gasteiger partial charge in [0.25, 0.3) is 0 Å². The summed E-state index contributed by atoms with van der Waals surface area (Å²) >= 11 is 1.30. The Morgan fingerprint density at radius 2 is 0.879 bits per heavy atom. The third kappa shape index (κ3) is 9.50. The highest BCUT2D eigenvalue weighted by Gasteiger charge is 2.86. The zero-order valence-corrected chi connectivity index (χ0v) is 20.7. The third-order valence-electron chi connectivity index (χ3n) is 5.45. The predicted molar refractivity (Wildman–Crippen MR) is 114 cm³/mol. The fraction of sp³-hybridized carbons (Fsp3) is 1.00. The molecule has 200 valence electrons. The Morgan fingerprint density at radius 1 is 0.515 bits per heavy atom. The van der Waals surface area contributed by atoms with Crippen LogP contribution in [0.1, 0.15) is 96.8 Å². The summed E-state index contributed by atoms with van der Waals surface area (Å²) in [5.41, 5.74) is 0. The van der Waals surface area contributed by atoms with E-state index in [0.29, 0.717) is 12.8 Å². The van der Waals surface area contributed by atoms with Gasteiger partial charge in [0.05, 0.1) is 0 Å². The van der Waals surface area contributed by atoms with Crippen molar-refractivity contribution in [2.24, 2.45) is 0 Å². The summed E-state index contributed by atoms with van der Waals surface area (Å²) in [6.45, 7) is 2.14. The van der Waals surface area contributed by atoms with Crippen molar-refractivity contribution in [2.75, 3.05) is 0 Å². The van der Waals surface area contributed by atoms with Crippen molar-refractivity contribution in [1.29, 1.82) is 0 Å². The molecule has 0 aromatic heterocycles. The minimum Gasteiger partial charge on any atom is -0.200 e. The Labute approximate surface area is 201 Å². The minimum atomic E-state index is -7.32. The highest BCUT2D eigenvalue weighted by molar-refractivity contribution is 14.1. The SMILES string of the molecule is CCCCCCCCCCCCCCC(I)CC(F)(F)C(F)(F)C(F)(F)C(F)(F)C(F)(F)F. The Balaban J connectivity index is 4.42. The largest absolute Gasteiger partial charge is 0.460 e. The number of unbranched alkanes of at least 4 members (excludes halogenated alkanes) is 11. The zero-order valence-electron chi connectivity index (χ0n) is 18.5. The van der Waals surface area contributed by atoms with Crippen LogP contribution in [-0.2, 0) is 0 Å². The molecular formula is C21H32F11I. The topological polar surface area (TPSA) is 0 Å². The summed E-state index contributed by atoms with van der Waals surface area (Å²) in [4.78, 5) is 0. The first-order valence-electron chi connectivity index (χ1n) is 11.2. The number of alkyl halides is 12. The highest BCUT2D eigenvalue weighted by Crippen LogP contribution is 2.58. The van der Waals surface area contributed by atoms with Crippen LogP contribution in [0.2, 0.25) is 0 Å². The average molecular weight is 620 g/mol. The molecule has 0 saturated carbocycles. The fourth-order valence-electron chi connectivity index (χ4n) is 3.32. The van der Waals surface area contributed by atoms with Crippen molar-refractivity contribution in [3.8, 4) is 0 Å². The predicted octanol–water partition coefficient (Wildman–Crippen LogP) is 10.4. The summed E-state index contributed by atoms with van der Waals surface area (Å²) in [6.07, 6.45) is 2.62. The standard InChI is InChI=1S/C21H32F11I/c1-2-3-4-5-6-7-8-9-10-11-12-13-14-16(33)15-17(22,23)18(24,25)19(26,27)20(28,29)21(30,31)32/h16H,2-15H2,1H3. The molecule has 0 rings (SSSR count). The summed E-state index contributed by atoms with van der Waals surface area (Å²) in [6, 6.07) is 0. The molecule has 1 atom stereocenters. The number of halogens is 12. The normalized spacial score (nSPS) is 15.2. The minimum absolute atomic E-state index is 0.0785. The summed E-state index contributed by atoms with van der Waals surface area (Å²) in [5.74, 6) is -27.3. The molecule has 0 aliphatic carbocycles. The van der Waals surface area contributed by atoms with Crippen LogP contribution < -0.4 is 0 Å². The van der Waals surface area contributed by atoms with Crippen LogP contribution in [0.25, 0.3) is 0 Å². The number of hydrogen-bond acceptors (Lipinski definition) is 0. The van der Waals surface area contributed by atoms with E-state index in [1.54, 1.807) is 0 Å². The Bertz CT molecular complexity index is 533. The van der Waals surface area contributed by atoms with Gasteiger partial charge >= 0.3 is 29.9 Å². The van der Waals surface area contributed by atoms with E-state index in [-0.39, 0.29) is 6.42 Å². The number of hydrogen-bond donors (Lipinski definition) is 0. The molecule has 0 N–H and O–H groups in total. The summed E-state index contributed by atoms with van der Waals surface area (Å²) < 4.78 is 142. The molecule has 1 unspecified atom stereocenters. The lowest BCUT2D eigenvalue weighted by atomic mass is 9.94. The second kappa shape index (κ2) is 13.9. The van der Waals surface area contributed by atoms with E-state index in [1.165, 1.54) is 54.7 Å². The van der Waals surface area contributed by atoms with Crippen molar-refractivity contribution < 1.29 is 48.3 Å². The molecule has 0 aromatic rings. The molecule has 0 saturated heterocycles. The van der Waals surface area contributed by atoms with E-state index in [4.69, 9.17) is 0 Å². The van der Waals surface area contributed by atoms with Gasteiger partial charge in [0.2, 0.25) is 0 Å². The lowest BCUT2D eigenvalue weighted by Crippen LogP contribution is -2.66. The van der Waals surface area contributed by atoms with E-state index in [2.05, 4.69) is 6.92 Å². The quantitative estimate of drug-likeness (QED) is 0.0619. The maximum atomic E-state index is 13.8. The van der Waals surface area contributed by atoms with Crippen LogP contribution in [-0.4, -0.2) is 33.8 Å². The summed E-state index contributed by atoms with van der Waals surface area (Å²) in [7, 11) is 0. The molecular weight excluding hydrogens is 588 g/mol. The monoisotopic (exact) mass is 620 g/mol. The smallest absolute Gasteiger partial charge is 0.200 e. The molecule has 12 heteroatoms. The Hall–Kier alpha value is -0.0400. The van der Waals surface area contributed by atoms with Crippen LogP contribution in [0.5, 0.6) is 0 Å². The summed E-state index contributed by atoms with van der Waals surface area (Å²) in [5, 5.41) is 0. The van der Waals surface area contributed by atoms with E-state index >= 15 is 0 Å². The van der Waals surface area contributed by atoms with Gasteiger partial charge in [0, 0.05) is 10.3 Å². The first-order valence-corrected chi connectivity index (χ1v) is 12.4.